The van der Waals surface area contributed by atoms with Crippen LogP contribution in [0.5, 0.6) is 0 Å². The van der Waals surface area contributed by atoms with Crippen molar-refractivity contribution in [3.63, 3.8) is 0 Å². The first kappa shape index (κ1) is 14.8. The van der Waals surface area contributed by atoms with Crippen LogP contribution >= 0.6 is 0 Å². The molecule has 4 heteroatoms. The Morgan fingerprint density at radius 3 is 2.00 bits per heavy atom. The van der Waals surface area contributed by atoms with Gasteiger partial charge in [0.1, 0.15) is 12.5 Å². The Labute approximate surface area is 93.8 Å². The molecule has 0 aliphatic heterocycles. The molecule has 0 spiro atoms. The van der Waals surface area contributed by atoms with Crippen molar-refractivity contribution in [3.8, 4) is 0 Å². The summed E-state index contributed by atoms with van der Waals surface area (Å²) in [6, 6.07) is 0. The summed E-state index contributed by atoms with van der Waals surface area (Å²) in [5, 5.41) is 9.18. The zero-order valence-corrected chi connectivity index (χ0v) is 10.9. The number of aliphatic hydroxyl groups is 1. The summed E-state index contributed by atoms with van der Waals surface area (Å²) >= 11 is 0. The van der Waals surface area contributed by atoms with Gasteiger partial charge in [0.2, 0.25) is 0 Å². The minimum atomic E-state index is -0.245. The third-order valence-corrected chi connectivity index (χ3v) is 2.64. The highest BCUT2D eigenvalue weighted by atomic mass is 16.5. The lowest BCUT2D eigenvalue weighted by atomic mass is 10.3. The molecule has 0 saturated heterocycles. The highest BCUT2D eigenvalue weighted by Gasteiger charge is 2.14. The van der Waals surface area contributed by atoms with Crippen molar-refractivity contribution in [3.05, 3.63) is 0 Å². The van der Waals surface area contributed by atoms with Crippen LogP contribution in [0.25, 0.3) is 0 Å². The first-order chi connectivity index (χ1) is 6.84. The van der Waals surface area contributed by atoms with Gasteiger partial charge in [-0.2, -0.15) is 0 Å². The minimum Gasteiger partial charge on any atom is -0.393 e. The Hall–Kier alpha value is -0.160. The molecular formula is C11H26N2O2. The van der Waals surface area contributed by atoms with Crippen molar-refractivity contribution in [1.29, 1.82) is 0 Å². The van der Waals surface area contributed by atoms with Gasteiger partial charge in [0.25, 0.3) is 0 Å². The van der Waals surface area contributed by atoms with Crippen LogP contribution in [0.15, 0.2) is 0 Å². The molecule has 3 unspecified atom stereocenters. The molecule has 0 saturated carbocycles. The van der Waals surface area contributed by atoms with Gasteiger partial charge in [0.05, 0.1) is 6.10 Å². The van der Waals surface area contributed by atoms with Crippen molar-refractivity contribution in [1.82, 2.24) is 9.80 Å². The fourth-order valence-electron chi connectivity index (χ4n) is 1.08. The molecule has 0 aromatic rings. The van der Waals surface area contributed by atoms with Gasteiger partial charge >= 0.3 is 0 Å². The molecular weight excluding hydrogens is 192 g/mol. The van der Waals surface area contributed by atoms with E-state index in [2.05, 4.69) is 4.90 Å². The average Bonchev–Trinajstić information content (AvgIpc) is 2.13. The zero-order chi connectivity index (χ0) is 12.0. The molecule has 0 amide bonds. The maximum absolute atomic E-state index is 9.18. The zero-order valence-electron chi connectivity index (χ0n) is 10.9. The van der Waals surface area contributed by atoms with Gasteiger partial charge in [-0.1, -0.05) is 0 Å². The van der Waals surface area contributed by atoms with E-state index in [0.29, 0.717) is 0 Å². The summed E-state index contributed by atoms with van der Waals surface area (Å²) in [6.07, 6.45) is 0.710. The van der Waals surface area contributed by atoms with E-state index in [0.717, 1.165) is 13.0 Å². The minimum absolute atomic E-state index is 0.0705. The van der Waals surface area contributed by atoms with Crippen molar-refractivity contribution >= 4 is 0 Å². The van der Waals surface area contributed by atoms with E-state index >= 15 is 0 Å². The number of nitrogens with zero attached hydrogens (tertiary/aromatic N) is 2. The number of hydrogen-bond donors (Lipinski definition) is 1. The van der Waals surface area contributed by atoms with Crippen LogP contribution in [0.4, 0.5) is 0 Å². The number of ether oxygens (including phenoxy) is 1. The lowest BCUT2D eigenvalue weighted by Crippen LogP contribution is -2.39. The second-order valence-corrected chi connectivity index (χ2v) is 4.42. The fourth-order valence-corrected chi connectivity index (χ4v) is 1.08. The average molecular weight is 218 g/mol. The van der Waals surface area contributed by atoms with Crippen molar-refractivity contribution < 1.29 is 9.84 Å². The van der Waals surface area contributed by atoms with Crippen LogP contribution < -0.4 is 0 Å². The van der Waals surface area contributed by atoms with Crippen LogP contribution in [-0.2, 0) is 4.74 Å². The van der Waals surface area contributed by atoms with E-state index in [4.69, 9.17) is 4.74 Å². The Balaban J connectivity index is 3.82. The van der Waals surface area contributed by atoms with Gasteiger partial charge in [-0.05, 0) is 48.3 Å². The van der Waals surface area contributed by atoms with E-state index in [1.807, 2.05) is 46.8 Å². The Morgan fingerprint density at radius 1 is 1.07 bits per heavy atom. The summed E-state index contributed by atoms with van der Waals surface area (Å²) in [5.41, 5.74) is 0. The molecule has 0 aliphatic rings. The number of rotatable bonds is 7. The van der Waals surface area contributed by atoms with E-state index < -0.39 is 0 Å². The standard InChI is InChI=1S/C11H26N2O2/c1-9(14)7-8-13(6)11(3)15-10(2)12(4)5/h9-11,14H,7-8H2,1-6H3. The van der Waals surface area contributed by atoms with Gasteiger partial charge in [0, 0.05) is 6.54 Å². The van der Waals surface area contributed by atoms with Gasteiger partial charge < -0.3 is 9.84 Å². The first-order valence-corrected chi connectivity index (χ1v) is 5.54. The molecule has 1 N–H and O–H groups in total. The summed E-state index contributed by atoms with van der Waals surface area (Å²) < 4.78 is 5.78. The van der Waals surface area contributed by atoms with E-state index in [1.165, 1.54) is 0 Å². The largest absolute Gasteiger partial charge is 0.393 e. The molecule has 0 rings (SSSR count). The summed E-state index contributed by atoms with van der Waals surface area (Å²) in [6.45, 7) is 6.71. The van der Waals surface area contributed by atoms with Gasteiger partial charge in [-0.15, -0.1) is 0 Å². The first-order valence-electron chi connectivity index (χ1n) is 5.54. The lowest BCUT2D eigenvalue weighted by Gasteiger charge is -2.30. The lowest BCUT2D eigenvalue weighted by molar-refractivity contribution is -0.121. The molecule has 3 atom stereocenters. The fraction of sp³-hybridized carbons (Fsp3) is 1.00. The van der Waals surface area contributed by atoms with E-state index in [9.17, 15) is 5.11 Å². The second-order valence-electron chi connectivity index (χ2n) is 4.42. The Bertz CT molecular complexity index is 163. The predicted molar refractivity (Wildman–Crippen MR) is 62.6 cm³/mol. The molecule has 0 fully saturated rings. The second kappa shape index (κ2) is 7.17. The SMILES string of the molecule is CC(O)CCN(C)C(C)OC(C)N(C)C. The third kappa shape index (κ3) is 6.84. The van der Waals surface area contributed by atoms with Crippen molar-refractivity contribution in [2.75, 3.05) is 27.7 Å². The predicted octanol–water partition coefficient (Wildman–Crippen LogP) is 0.959. The maximum Gasteiger partial charge on any atom is 0.109 e. The van der Waals surface area contributed by atoms with Crippen LogP contribution in [0.3, 0.4) is 0 Å². The quantitative estimate of drug-likeness (QED) is 0.646. The highest BCUT2D eigenvalue weighted by molar-refractivity contribution is 4.58. The molecule has 4 nitrogen and oxygen atoms in total. The molecule has 0 aromatic carbocycles. The third-order valence-electron chi connectivity index (χ3n) is 2.64. The number of aliphatic hydroxyl groups excluding tert-OH is 1. The van der Waals surface area contributed by atoms with Gasteiger partial charge in [-0.3, -0.25) is 9.80 Å². The normalized spacial score (nSPS) is 18.2. The Morgan fingerprint density at radius 2 is 1.60 bits per heavy atom. The summed E-state index contributed by atoms with van der Waals surface area (Å²) in [5.74, 6) is 0. The molecule has 92 valence electrons. The smallest absolute Gasteiger partial charge is 0.109 e. The van der Waals surface area contributed by atoms with E-state index in [1.54, 1.807) is 0 Å². The monoisotopic (exact) mass is 218 g/mol. The molecule has 15 heavy (non-hydrogen) atoms. The molecule has 0 heterocycles. The van der Waals surface area contributed by atoms with Crippen LogP contribution in [-0.4, -0.2) is 61.2 Å². The highest BCUT2D eigenvalue weighted by Crippen LogP contribution is 2.05. The summed E-state index contributed by atoms with van der Waals surface area (Å²) in [4.78, 5) is 4.13. The van der Waals surface area contributed by atoms with Crippen molar-refractivity contribution in [2.45, 2.75) is 45.8 Å². The topological polar surface area (TPSA) is 35.9 Å². The molecule has 0 bridgehead atoms. The van der Waals surface area contributed by atoms with Crippen LogP contribution in [0.1, 0.15) is 27.2 Å². The van der Waals surface area contributed by atoms with Crippen LogP contribution in [0, 0.1) is 0 Å². The van der Waals surface area contributed by atoms with Crippen molar-refractivity contribution in [2.24, 2.45) is 0 Å². The van der Waals surface area contributed by atoms with Gasteiger partial charge in [-0.25, -0.2) is 0 Å². The Kier molecular flexibility index (Phi) is 7.09. The van der Waals surface area contributed by atoms with E-state index in [-0.39, 0.29) is 18.6 Å². The van der Waals surface area contributed by atoms with Crippen LogP contribution in [0.2, 0.25) is 0 Å². The molecule has 0 aliphatic carbocycles. The number of hydrogen-bond acceptors (Lipinski definition) is 4. The molecule has 0 radical (unpaired) electrons. The summed E-state index contributed by atoms with van der Waals surface area (Å²) in [7, 11) is 6.00. The molecule has 0 aromatic heterocycles. The van der Waals surface area contributed by atoms with Gasteiger partial charge in [0.15, 0.2) is 0 Å². The maximum atomic E-state index is 9.18.